The highest BCUT2D eigenvalue weighted by molar-refractivity contribution is 5.78. The zero-order valence-corrected chi connectivity index (χ0v) is 6.16. The van der Waals surface area contributed by atoms with Gasteiger partial charge in [-0.05, 0) is 6.42 Å². The molecule has 0 radical (unpaired) electrons. The summed E-state index contributed by atoms with van der Waals surface area (Å²) in [7, 11) is 0. The first-order valence-corrected chi connectivity index (χ1v) is 3.57. The van der Waals surface area contributed by atoms with Gasteiger partial charge in [0, 0.05) is 13.1 Å². The standard InChI is InChI=1S/C7H10N2O2/c8-3-1-7(11)9-4-2-6(10)5-9/h6,10H,1-2,4-5H2/t6-/m0/s1. The van der Waals surface area contributed by atoms with E-state index in [1.807, 2.05) is 0 Å². The van der Waals surface area contributed by atoms with Gasteiger partial charge in [-0.3, -0.25) is 4.79 Å². The van der Waals surface area contributed by atoms with Crippen molar-refractivity contribution in [3.8, 4) is 6.07 Å². The zero-order chi connectivity index (χ0) is 8.27. The van der Waals surface area contributed by atoms with Gasteiger partial charge in [0.2, 0.25) is 5.91 Å². The van der Waals surface area contributed by atoms with Gasteiger partial charge in [0.1, 0.15) is 6.42 Å². The molecule has 4 nitrogen and oxygen atoms in total. The molecule has 0 spiro atoms. The van der Waals surface area contributed by atoms with Crippen LogP contribution in [0.5, 0.6) is 0 Å². The average Bonchev–Trinajstić information content (AvgIpc) is 2.36. The molecule has 1 saturated heterocycles. The quantitative estimate of drug-likeness (QED) is 0.553. The third kappa shape index (κ3) is 1.92. The van der Waals surface area contributed by atoms with Gasteiger partial charge in [-0.25, -0.2) is 0 Å². The minimum Gasteiger partial charge on any atom is -0.391 e. The molecule has 0 aromatic rings. The van der Waals surface area contributed by atoms with Crippen LogP contribution in [-0.4, -0.2) is 35.1 Å². The molecule has 0 aliphatic carbocycles. The third-order valence-corrected chi connectivity index (χ3v) is 1.75. The fourth-order valence-electron chi connectivity index (χ4n) is 1.15. The molecular weight excluding hydrogens is 144 g/mol. The number of aliphatic hydroxyl groups is 1. The molecule has 1 rings (SSSR count). The summed E-state index contributed by atoms with van der Waals surface area (Å²) in [6, 6.07) is 1.79. The summed E-state index contributed by atoms with van der Waals surface area (Å²) in [5.41, 5.74) is 0. The first-order valence-electron chi connectivity index (χ1n) is 3.57. The van der Waals surface area contributed by atoms with E-state index in [9.17, 15) is 4.79 Å². The minimum atomic E-state index is -0.391. The van der Waals surface area contributed by atoms with E-state index in [0.717, 1.165) is 0 Å². The highest BCUT2D eigenvalue weighted by atomic mass is 16.3. The predicted molar refractivity (Wildman–Crippen MR) is 37.4 cm³/mol. The molecule has 0 aromatic heterocycles. The smallest absolute Gasteiger partial charge is 0.236 e. The van der Waals surface area contributed by atoms with Crippen molar-refractivity contribution in [2.75, 3.05) is 13.1 Å². The summed E-state index contributed by atoms with van der Waals surface area (Å²) in [6.07, 6.45) is 0.168. The number of likely N-dealkylation sites (tertiary alicyclic amines) is 1. The van der Waals surface area contributed by atoms with E-state index in [0.29, 0.717) is 19.5 Å². The van der Waals surface area contributed by atoms with Crippen LogP contribution in [-0.2, 0) is 4.79 Å². The van der Waals surface area contributed by atoms with Gasteiger partial charge >= 0.3 is 0 Å². The third-order valence-electron chi connectivity index (χ3n) is 1.75. The molecule has 1 aliphatic heterocycles. The molecule has 0 bridgehead atoms. The number of carbonyl (C=O) groups is 1. The van der Waals surface area contributed by atoms with Crippen molar-refractivity contribution in [2.24, 2.45) is 0 Å². The van der Waals surface area contributed by atoms with E-state index < -0.39 is 6.10 Å². The molecule has 1 atom stereocenters. The van der Waals surface area contributed by atoms with Crippen LogP contribution in [0.2, 0.25) is 0 Å². The molecule has 11 heavy (non-hydrogen) atoms. The Morgan fingerprint density at radius 1 is 1.82 bits per heavy atom. The van der Waals surface area contributed by atoms with Crippen molar-refractivity contribution in [2.45, 2.75) is 18.9 Å². The van der Waals surface area contributed by atoms with Crippen molar-refractivity contribution < 1.29 is 9.90 Å². The summed E-state index contributed by atoms with van der Waals surface area (Å²) in [5, 5.41) is 17.2. The largest absolute Gasteiger partial charge is 0.391 e. The van der Waals surface area contributed by atoms with Crippen LogP contribution >= 0.6 is 0 Å². The van der Waals surface area contributed by atoms with Crippen molar-refractivity contribution >= 4 is 5.91 Å². The highest BCUT2D eigenvalue weighted by Gasteiger charge is 2.23. The van der Waals surface area contributed by atoms with E-state index in [4.69, 9.17) is 10.4 Å². The second kappa shape index (κ2) is 3.35. The van der Waals surface area contributed by atoms with Crippen molar-refractivity contribution in [3.05, 3.63) is 0 Å². The second-order valence-corrected chi connectivity index (χ2v) is 2.62. The van der Waals surface area contributed by atoms with Gasteiger partial charge in [0.25, 0.3) is 0 Å². The van der Waals surface area contributed by atoms with E-state index in [2.05, 4.69) is 0 Å². The van der Waals surface area contributed by atoms with Gasteiger partial charge in [-0.15, -0.1) is 0 Å². The first-order chi connectivity index (χ1) is 5.24. The summed E-state index contributed by atoms with van der Waals surface area (Å²) < 4.78 is 0. The Morgan fingerprint density at radius 3 is 3.00 bits per heavy atom. The van der Waals surface area contributed by atoms with E-state index >= 15 is 0 Å². The lowest BCUT2D eigenvalue weighted by atomic mass is 10.3. The predicted octanol–water partition coefficient (Wildman–Crippen LogP) is -0.507. The monoisotopic (exact) mass is 154 g/mol. The van der Waals surface area contributed by atoms with Gasteiger partial charge in [-0.1, -0.05) is 0 Å². The Balaban J connectivity index is 2.38. The molecule has 0 saturated carbocycles. The number of hydrogen-bond acceptors (Lipinski definition) is 3. The SMILES string of the molecule is N#CCC(=O)N1CC[C@H](O)C1. The van der Waals surface area contributed by atoms with E-state index in [-0.39, 0.29) is 12.3 Å². The Morgan fingerprint density at radius 2 is 2.55 bits per heavy atom. The number of rotatable bonds is 1. The number of amides is 1. The van der Waals surface area contributed by atoms with E-state index in [1.165, 1.54) is 4.90 Å². The highest BCUT2D eigenvalue weighted by Crippen LogP contribution is 2.09. The Kier molecular flexibility index (Phi) is 2.44. The molecule has 0 unspecified atom stereocenters. The lowest BCUT2D eigenvalue weighted by Crippen LogP contribution is -2.28. The van der Waals surface area contributed by atoms with Crippen LogP contribution in [0.15, 0.2) is 0 Å². The summed E-state index contributed by atoms with van der Waals surface area (Å²) in [5.74, 6) is -0.177. The molecule has 1 fully saturated rings. The van der Waals surface area contributed by atoms with Crippen LogP contribution < -0.4 is 0 Å². The van der Waals surface area contributed by atoms with Crippen LogP contribution in [0.25, 0.3) is 0 Å². The van der Waals surface area contributed by atoms with Crippen LogP contribution in [0.3, 0.4) is 0 Å². The Labute approximate surface area is 65.0 Å². The number of nitriles is 1. The Hall–Kier alpha value is -1.08. The number of carbonyl (C=O) groups excluding carboxylic acids is 1. The number of β-amino-alcohol motifs (C(OH)–C–C–N with tert-alkyl or cyclic N) is 1. The zero-order valence-electron chi connectivity index (χ0n) is 6.16. The maximum absolute atomic E-state index is 11.0. The molecule has 4 heteroatoms. The maximum Gasteiger partial charge on any atom is 0.236 e. The molecule has 0 aromatic carbocycles. The lowest BCUT2D eigenvalue weighted by molar-refractivity contribution is -0.129. The van der Waals surface area contributed by atoms with Crippen molar-refractivity contribution in [1.82, 2.24) is 4.90 Å². The lowest BCUT2D eigenvalue weighted by Gasteiger charge is -2.12. The number of hydrogen-bond donors (Lipinski definition) is 1. The minimum absolute atomic E-state index is 0.0767. The topological polar surface area (TPSA) is 64.3 Å². The normalized spacial score (nSPS) is 23.3. The van der Waals surface area contributed by atoms with Crippen LogP contribution in [0.1, 0.15) is 12.8 Å². The fraction of sp³-hybridized carbons (Fsp3) is 0.714. The van der Waals surface area contributed by atoms with E-state index in [1.54, 1.807) is 6.07 Å². The Bertz CT molecular complexity index is 197. The maximum atomic E-state index is 11.0. The number of aliphatic hydroxyl groups excluding tert-OH is 1. The summed E-state index contributed by atoms with van der Waals surface area (Å²) in [4.78, 5) is 12.5. The van der Waals surface area contributed by atoms with Gasteiger partial charge in [0.05, 0.1) is 12.2 Å². The molecule has 60 valence electrons. The summed E-state index contributed by atoms with van der Waals surface area (Å²) >= 11 is 0. The molecular formula is C7H10N2O2. The summed E-state index contributed by atoms with van der Waals surface area (Å²) in [6.45, 7) is 0.974. The fourth-order valence-corrected chi connectivity index (χ4v) is 1.15. The van der Waals surface area contributed by atoms with Gasteiger partial charge < -0.3 is 10.0 Å². The average molecular weight is 154 g/mol. The van der Waals surface area contributed by atoms with Crippen molar-refractivity contribution in [3.63, 3.8) is 0 Å². The second-order valence-electron chi connectivity index (χ2n) is 2.62. The molecule has 1 heterocycles. The molecule has 1 amide bonds. The van der Waals surface area contributed by atoms with Crippen LogP contribution in [0, 0.1) is 11.3 Å². The molecule has 1 N–H and O–H groups in total. The van der Waals surface area contributed by atoms with Crippen molar-refractivity contribution in [1.29, 1.82) is 5.26 Å². The van der Waals surface area contributed by atoms with Crippen LogP contribution in [0.4, 0.5) is 0 Å². The van der Waals surface area contributed by atoms with Gasteiger partial charge in [0.15, 0.2) is 0 Å². The number of nitrogens with zero attached hydrogens (tertiary/aromatic N) is 2. The van der Waals surface area contributed by atoms with Gasteiger partial charge in [-0.2, -0.15) is 5.26 Å². The molecule has 1 aliphatic rings. The first kappa shape index (κ1) is 8.02.